The number of sulfonamides is 1. The van der Waals surface area contributed by atoms with E-state index in [1.54, 1.807) is 18.3 Å². The van der Waals surface area contributed by atoms with Gasteiger partial charge >= 0.3 is 0 Å². The Balaban J connectivity index is 1.67. The zero-order valence-corrected chi connectivity index (χ0v) is 15.8. The summed E-state index contributed by atoms with van der Waals surface area (Å²) in [6, 6.07) is 11.8. The second kappa shape index (κ2) is 7.68. The van der Waals surface area contributed by atoms with Gasteiger partial charge in [-0.3, -0.25) is 4.79 Å². The molecule has 0 bridgehead atoms. The van der Waals surface area contributed by atoms with Crippen molar-refractivity contribution in [2.45, 2.75) is 19.8 Å². The topological polar surface area (TPSA) is 66.5 Å². The third kappa shape index (κ3) is 4.11. The van der Waals surface area contributed by atoms with Crippen LogP contribution < -0.4 is 5.32 Å². The molecule has 0 atom stereocenters. The molecule has 1 aromatic heterocycles. The molecule has 3 rings (SSSR count). The van der Waals surface area contributed by atoms with E-state index in [1.165, 1.54) is 4.31 Å². The zero-order chi connectivity index (χ0) is 17.9. The molecule has 1 aliphatic heterocycles. The molecule has 0 unspecified atom stereocenters. The minimum absolute atomic E-state index is 0.0300. The number of rotatable bonds is 5. The first kappa shape index (κ1) is 18.1. The maximum absolute atomic E-state index is 12.6. The van der Waals surface area contributed by atoms with Crippen molar-refractivity contribution < 1.29 is 13.2 Å². The van der Waals surface area contributed by atoms with Crippen molar-refractivity contribution in [2.75, 3.05) is 24.2 Å². The number of benzene rings is 1. The number of nitrogens with zero attached hydrogens (tertiary/aromatic N) is 1. The van der Waals surface area contributed by atoms with Gasteiger partial charge in [0.05, 0.1) is 5.75 Å². The lowest BCUT2D eigenvalue weighted by Gasteiger charge is -2.30. The van der Waals surface area contributed by atoms with E-state index >= 15 is 0 Å². The average Bonchev–Trinajstić information content (AvgIpc) is 3.17. The molecule has 0 aliphatic carbocycles. The van der Waals surface area contributed by atoms with Gasteiger partial charge in [0.15, 0.2) is 0 Å². The summed E-state index contributed by atoms with van der Waals surface area (Å²) in [6.07, 6.45) is 1.12. The number of anilines is 1. The minimum atomic E-state index is -3.16. The summed E-state index contributed by atoms with van der Waals surface area (Å²) in [5, 5.41) is 5.05. The maximum atomic E-state index is 12.6. The standard InChI is InChI=1S/C18H22N2O3S2/c1-2-25(22,23)20-11-9-14(10-12-20)18(21)19-16-7-4-3-6-15(16)17-8-5-13-24-17/h3-8,13-14H,2,9-12H2,1H3,(H,19,21). The molecular weight excluding hydrogens is 356 g/mol. The van der Waals surface area contributed by atoms with Crippen molar-refractivity contribution in [3.8, 4) is 10.4 Å². The van der Waals surface area contributed by atoms with E-state index in [0.29, 0.717) is 25.9 Å². The zero-order valence-electron chi connectivity index (χ0n) is 14.1. The molecule has 2 aromatic rings. The Labute approximate surface area is 152 Å². The van der Waals surface area contributed by atoms with Crippen LogP contribution in [-0.2, 0) is 14.8 Å². The molecule has 0 saturated carbocycles. The molecule has 134 valence electrons. The SMILES string of the molecule is CCS(=O)(=O)N1CCC(C(=O)Nc2ccccc2-c2cccs2)CC1. The highest BCUT2D eigenvalue weighted by Gasteiger charge is 2.30. The second-order valence-corrected chi connectivity index (χ2v) is 9.29. The summed E-state index contributed by atoms with van der Waals surface area (Å²) in [7, 11) is -3.16. The van der Waals surface area contributed by atoms with E-state index in [-0.39, 0.29) is 17.6 Å². The lowest BCUT2D eigenvalue weighted by Crippen LogP contribution is -2.42. The van der Waals surface area contributed by atoms with Gasteiger partial charge in [0.1, 0.15) is 0 Å². The van der Waals surface area contributed by atoms with Crippen molar-refractivity contribution in [1.82, 2.24) is 4.31 Å². The number of nitrogens with one attached hydrogen (secondary N) is 1. The van der Waals surface area contributed by atoms with Crippen LogP contribution in [0.5, 0.6) is 0 Å². The van der Waals surface area contributed by atoms with Crippen LogP contribution in [0.25, 0.3) is 10.4 Å². The number of piperidine rings is 1. The van der Waals surface area contributed by atoms with Gasteiger partial charge in [-0.1, -0.05) is 24.3 Å². The highest BCUT2D eigenvalue weighted by Crippen LogP contribution is 2.32. The summed E-state index contributed by atoms with van der Waals surface area (Å²) in [5.41, 5.74) is 1.82. The molecule has 1 aliphatic rings. The quantitative estimate of drug-likeness (QED) is 0.867. The Morgan fingerprint density at radius 1 is 1.20 bits per heavy atom. The van der Waals surface area contributed by atoms with Crippen LogP contribution in [0.3, 0.4) is 0 Å². The van der Waals surface area contributed by atoms with Gasteiger partial charge in [-0.15, -0.1) is 11.3 Å². The van der Waals surface area contributed by atoms with Crippen LogP contribution in [-0.4, -0.2) is 37.5 Å². The molecule has 7 heteroatoms. The lowest BCUT2D eigenvalue weighted by atomic mass is 9.97. The fraction of sp³-hybridized carbons (Fsp3) is 0.389. The number of carbonyl (C=O) groups excluding carboxylic acids is 1. The summed E-state index contributed by atoms with van der Waals surface area (Å²) in [6.45, 7) is 2.48. The molecule has 5 nitrogen and oxygen atoms in total. The number of hydrogen-bond acceptors (Lipinski definition) is 4. The number of para-hydroxylation sites is 1. The molecule has 25 heavy (non-hydrogen) atoms. The summed E-state index contributed by atoms with van der Waals surface area (Å²) >= 11 is 1.63. The first-order chi connectivity index (χ1) is 12.0. The van der Waals surface area contributed by atoms with Gasteiger partial charge < -0.3 is 5.32 Å². The third-order valence-electron chi connectivity index (χ3n) is 4.55. The van der Waals surface area contributed by atoms with Gasteiger partial charge in [0.25, 0.3) is 0 Å². The van der Waals surface area contributed by atoms with E-state index in [2.05, 4.69) is 5.32 Å². The Morgan fingerprint density at radius 2 is 1.92 bits per heavy atom. The van der Waals surface area contributed by atoms with E-state index in [0.717, 1.165) is 16.1 Å². The predicted octanol–water partition coefficient (Wildman–Crippen LogP) is 3.42. The average molecular weight is 379 g/mol. The number of hydrogen-bond donors (Lipinski definition) is 1. The van der Waals surface area contributed by atoms with Crippen LogP contribution in [0.2, 0.25) is 0 Å². The third-order valence-corrected chi connectivity index (χ3v) is 7.34. The highest BCUT2D eigenvalue weighted by atomic mass is 32.2. The highest BCUT2D eigenvalue weighted by molar-refractivity contribution is 7.89. The van der Waals surface area contributed by atoms with Crippen LogP contribution in [0, 0.1) is 5.92 Å². The van der Waals surface area contributed by atoms with Gasteiger partial charge in [-0.25, -0.2) is 12.7 Å². The Morgan fingerprint density at radius 3 is 2.56 bits per heavy atom. The number of carbonyl (C=O) groups is 1. The molecule has 1 fully saturated rings. The van der Waals surface area contributed by atoms with Crippen molar-refractivity contribution in [2.24, 2.45) is 5.92 Å². The summed E-state index contributed by atoms with van der Waals surface area (Å²) < 4.78 is 25.3. The maximum Gasteiger partial charge on any atom is 0.227 e. The Bertz CT molecular complexity index is 824. The first-order valence-corrected chi connectivity index (χ1v) is 10.9. The smallest absolute Gasteiger partial charge is 0.227 e. The Kier molecular flexibility index (Phi) is 5.56. The first-order valence-electron chi connectivity index (χ1n) is 8.43. The van der Waals surface area contributed by atoms with Crippen LogP contribution in [0.1, 0.15) is 19.8 Å². The monoisotopic (exact) mass is 378 g/mol. The Hall–Kier alpha value is -1.70. The van der Waals surface area contributed by atoms with Crippen molar-refractivity contribution in [1.29, 1.82) is 0 Å². The number of amides is 1. The summed E-state index contributed by atoms with van der Waals surface area (Å²) in [5.74, 6) is -0.0739. The molecule has 1 amide bonds. The van der Waals surface area contributed by atoms with Crippen molar-refractivity contribution in [3.63, 3.8) is 0 Å². The molecular formula is C18H22N2O3S2. The van der Waals surface area contributed by atoms with E-state index in [1.807, 2.05) is 41.8 Å². The lowest BCUT2D eigenvalue weighted by molar-refractivity contribution is -0.120. The van der Waals surface area contributed by atoms with E-state index < -0.39 is 10.0 Å². The van der Waals surface area contributed by atoms with Gasteiger partial charge in [-0.2, -0.15) is 0 Å². The second-order valence-electron chi connectivity index (χ2n) is 6.09. The van der Waals surface area contributed by atoms with E-state index in [9.17, 15) is 13.2 Å². The molecule has 1 N–H and O–H groups in total. The molecule has 0 spiro atoms. The van der Waals surface area contributed by atoms with Crippen LogP contribution >= 0.6 is 11.3 Å². The van der Waals surface area contributed by atoms with E-state index in [4.69, 9.17) is 0 Å². The normalized spacial score (nSPS) is 16.7. The van der Waals surface area contributed by atoms with Crippen molar-refractivity contribution >= 4 is 33.0 Å². The molecule has 1 saturated heterocycles. The molecule has 2 heterocycles. The van der Waals surface area contributed by atoms with Gasteiger partial charge in [0.2, 0.25) is 15.9 Å². The molecule has 1 aromatic carbocycles. The van der Waals surface area contributed by atoms with Crippen molar-refractivity contribution in [3.05, 3.63) is 41.8 Å². The largest absolute Gasteiger partial charge is 0.325 e. The number of thiophene rings is 1. The van der Waals surface area contributed by atoms with Crippen LogP contribution in [0.4, 0.5) is 5.69 Å². The van der Waals surface area contributed by atoms with Gasteiger partial charge in [-0.05, 0) is 37.3 Å². The van der Waals surface area contributed by atoms with Gasteiger partial charge in [0, 0.05) is 35.1 Å². The summed E-state index contributed by atoms with van der Waals surface area (Å²) in [4.78, 5) is 13.8. The fourth-order valence-corrected chi connectivity index (χ4v) is 4.95. The predicted molar refractivity (Wildman–Crippen MR) is 102 cm³/mol. The van der Waals surface area contributed by atoms with Crippen LogP contribution in [0.15, 0.2) is 41.8 Å². The minimum Gasteiger partial charge on any atom is -0.325 e. The fourth-order valence-electron chi connectivity index (χ4n) is 3.05. The molecule has 0 radical (unpaired) electrons.